The highest BCUT2D eigenvalue weighted by Gasteiger charge is 2.13. The maximum atomic E-state index is 13.4. The Morgan fingerprint density at radius 3 is 2.29 bits per heavy atom. The highest BCUT2D eigenvalue weighted by Crippen LogP contribution is 2.21. The van der Waals surface area contributed by atoms with Gasteiger partial charge in [0.2, 0.25) is 0 Å². The SMILES string of the molecule is Cc1nc(SCc2cc(F)cc(B(O)O)c2)nc(C)c1C. The van der Waals surface area contributed by atoms with E-state index in [0.717, 1.165) is 23.0 Å². The monoisotopic (exact) mass is 306 g/mol. The van der Waals surface area contributed by atoms with E-state index in [2.05, 4.69) is 9.97 Å². The highest BCUT2D eigenvalue weighted by molar-refractivity contribution is 7.98. The van der Waals surface area contributed by atoms with Gasteiger partial charge in [0.05, 0.1) is 0 Å². The number of rotatable bonds is 4. The molecular weight excluding hydrogens is 290 g/mol. The average Bonchev–Trinajstić information content (AvgIpc) is 2.41. The van der Waals surface area contributed by atoms with Crippen LogP contribution in [0.4, 0.5) is 4.39 Å². The molecule has 2 aromatic rings. The van der Waals surface area contributed by atoms with E-state index < -0.39 is 12.9 Å². The third kappa shape index (κ3) is 4.03. The first-order valence-corrected chi connectivity index (χ1v) is 7.45. The van der Waals surface area contributed by atoms with Crippen LogP contribution in [0.15, 0.2) is 23.4 Å². The first kappa shape index (κ1) is 15.9. The minimum atomic E-state index is -1.68. The van der Waals surface area contributed by atoms with Crippen molar-refractivity contribution in [1.29, 1.82) is 0 Å². The Morgan fingerprint density at radius 2 is 1.71 bits per heavy atom. The highest BCUT2D eigenvalue weighted by atomic mass is 32.2. The van der Waals surface area contributed by atoms with Gasteiger partial charge in [-0.25, -0.2) is 14.4 Å². The van der Waals surface area contributed by atoms with Gasteiger partial charge in [-0.1, -0.05) is 17.8 Å². The van der Waals surface area contributed by atoms with Crippen molar-refractivity contribution in [3.8, 4) is 0 Å². The number of benzene rings is 1. The van der Waals surface area contributed by atoms with Crippen molar-refractivity contribution in [1.82, 2.24) is 9.97 Å². The Kier molecular flexibility index (Phi) is 4.98. The zero-order valence-electron chi connectivity index (χ0n) is 12.1. The van der Waals surface area contributed by atoms with Crippen LogP contribution in [0.5, 0.6) is 0 Å². The van der Waals surface area contributed by atoms with Crippen molar-refractivity contribution in [2.24, 2.45) is 0 Å². The normalized spacial score (nSPS) is 10.8. The zero-order chi connectivity index (χ0) is 15.6. The molecule has 0 saturated heterocycles. The van der Waals surface area contributed by atoms with E-state index in [9.17, 15) is 4.39 Å². The van der Waals surface area contributed by atoms with E-state index in [-0.39, 0.29) is 5.46 Å². The van der Waals surface area contributed by atoms with Crippen LogP contribution in [0, 0.1) is 26.6 Å². The molecule has 1 aromatic heterocycles. The fraction of sp³-hybridized carbons (Fsp3) is 0.286. The number of aryl methyl sites for hydroxylation is 2. The van der Waals surface area contributed by atoms with Gasteiger partial charge in [-0.15, -0.1) is 0 Å². The number of halogens is 1. The zero-order valence-corrected chi connectivity index (χ0v) is 12.9. The summed E-state index contributed by atoms with van der Waals surface area (Å²) in [4.78, 5) is 8.78. The van der Waals surface area contributed by atoms with Gasteiger partial charge in [0.1, 0.15) is 5.82 Å². The van der Waals surface area contributed by atoms with E-state index in [1.165, 1.54) is 17.8 Å². The quantitative estimate of drug-likeness (QED) is 0.509. The lowest BCUT2D eigenvalue weighted by Crippen LogP contribution is -2.30. The molecule has 0 saturated carbocycles. The average molecular weight is 306 g/mol. The summed E-state index contributed by atoms with van der Waals surface area (Å²) in [6.45, 7) is 5.83. The fourth-order valence-corrected chi connectivity index (χ4v) is 2.73. The first-order valence-electron chi connectivity index (χ1n) is 6.47. The van der Waals surface area contributed by atoms with Crippen LogP contribution in [-0.4, -0.2) is 27.1 Å². The molecule has 0 spiro atoms. The lowest BCUT2D eigenvalue weighted by molar-refractivity contribution is 0.425. The van der Waals surface area contributed by atoms with E-state index in [1.807, 2.05) is 20.8 Å². The maximum absolute atomic E-state index is 13.4. The van der Waals surface area contributed by atoms with Gasteiger partial charge in [0.25, 0.3) is 0 Å². The van der Waals surface area contributed by atoms with E-state index in [4.69, 9.17) is 10.0 Å². The standard InChI is InChI=1S/C14H16BFN2O2S/c1-8-9(2)17-14(18-10(8)3)21-7-11-4-12(15(19)20)6-13(16)5-11/h4-6,19-20H,7H2,1-3H3. The summed E-state index contributed by atoms with van der Waals surface area (Å²) in [5.41, 5.74) is 3.72. The van der Waals surface area contributed by atoms with Crippen LogP contribution in [-0.2, 0) is 5.75 Å². The molecule has 1 heterocycles. The van der Waals surface area contributed by atoms with E-state index >= 15 is 0 Å². The minimum Gasteiger partial charge on any atom is -0.423 e. The molecule has 0 aliphatic heterocycles. The molecule has 0 aliphatic rings. The third-order valence-electron chi connectivity index (χ3n) is 3.26. The summed E-state index contributed by atoms with van der Waals surface area (Å²) >= 11 is 1.39. The lowest BCUT2D eigenvalue weighted by Gasteiger charge is -2.08. The number of hydrogen-bond acceptors (Lipinski definition) is 5. The van der Waals surface area contributed by atoms with Gasteiger partial charge in [0, 0.05) is 17.1 Å². The van der Waals surface area contributed by atoms with Gasteiger partial charge < -0.3 is 10.0 Å². The molecule has 2 N–H and O–H groups in total. The second-order valence-corrected chi connectivity index (χ2v) is 5.80. The van der Waals surface area contributed by atoms with E-state index in [0.29, 0.717) is 16.5 Å². The summed E-state index contributed by atoms with van der Waals surface area (Å²) in [5.74, 6) is -0.0345. The molecular formula is C14H16BFN2O2S. The third-order valence-corrected chi connectivity index (χ3v) is 4.18. The van der Waals surface area contributed by atoms with Crippen molar-refractivity contribution in [3.05, 3.63) is 46.5 Å². The fourth-order valence-electron chi connectivity index (χ4n) is 1.86. The second kappa shape index (κ2) is 6.55. The summed E-state index contributed by atoms with van der Waals surface area (Å²) < 4.78 is 13.4. The first-order chi connectivity index (χ1) is 9.86. The largest absolute Gasteiger partial charge is 0.488 e. The Hall–Kier alpha value is -1.44. The second-order valence-electron chi connectivity index (χ2n) is 4.86. The van der Waals surface area contributed by atoms with Crippen molar-refractivity contribution in [2.45, 2.75) is 31.7 Å². The summed E-state index contributed by atoms with van der Waals surface area (Å²) in [6, 6.07) is 4.04. The van der Waals surface area contributed by atoms with Crippen LogP contribution in [0.25, 0.3) is 0 Å². The van der Waals surface area contributed by atoms with Gasteiger partial charge in [-0.2, -0.15) is 0 Å². The van der Waals surface area contributed by atoms with Crippen molar-refractivity contribution in [2.75, 3.05) is 0 Å². The Bertz CT molecular complexity index is 644. The molecule has 0 radical (unpaired) electrons. The van der Waals surface area contributed by atoms with Crippen LogP contribution < -0.4 is 5.46 Å². The molecule has 1 aromatic carbocycles. The van der Waals surface area contributed by atoms with Gasteiger partial charge in [-0.05, 0) is 49.5 Å². The molecule has 21 heavy (non-hydrogen) atoms. The molecule has 0 aliphatic carbocycles. The number of nitrogens with zero attached hydrogens (tertiary/aromatic N) is 2. The smallest absolute Gasteiger partial charge is 0.423 e. The Labute approximate surface area is 127 Å². The van der Waals surface area contributed by atoms with Gasteiger partial charge in [-0.3, -0.25) is 0 Å². The van der Waals surface area contributed by atoms with Crippen LogP contribution in [0.2, 0.25) is 0 Å². The van der Waals surface area contributed by atoms with Crippen LogP contribution in [0.1, 0.15) is 22.5 Å². The van der Waals surface area contributed by atoms with Crippen molar-refractivity contribution >= 4 is 24.3 Å². The van der Waals surface area contributed by atoms with Gasteiger partial charge >= 0.3 is 7.12 Å². The predicted octanol–water partition coefficient (Wildman–Crippen LogP) is 1.51. The predicted molar refractivity (Wildman–Crippen MR) is 82.0 cm³/mol. The molecule has 0 amide bonds. The molecule has 7 heteroatoms. The Morgan fingerprint density at radius 1 is 1.10 bits per heavy atom. The summed E-state index contributed by atoms with van der Waals surface area (Å²) in [5, 5.41) is 18.9. The van der Waals surface area contributed by atoms with E-state index in [1.54, 1.807) is 6.07 Å². The van der Waals surface area contributed by atoms with Crippen LogP contribution >= 0.6 is 11.8 Å². The van der Waals surface area contributed by atoms with Crippen molar-refractivity contribution < 1.29 is 14.4 Å². The molecule has 110 valence electrons. The molecule has 2 rings (SSSR count). The summed E-state index contributed by atoms with van der Waals surface area (Å²) in [6.07, 6.45) is 0. The molecule has 0 atom stereocenters. The Balaban J connectivity index is 2.16. The molecule has 0 bridgehead atoms. The van der Waals surface area contributed by atoms with Crippen LogP contribution in [0.3, 0.4) is 0 Å². The van der Waals surface area contributed by atoms with Crippen molar-refractivity contribution in [3.63, 3.8) is 0 Å². The number of hydrogen-bond donors (Lipinski definition) is 2. The number of thioether (sulfide) groups is 1. The van der Waals surface area contributed by atoms with Gasteiger partial charge in [0.15, 0.2) is 5.16 Å². The molecule has 4 nitrogen and oxygen atoms in total. The number of aromatic nitrogens is 2. The summed E-state index contributed by atoms with van der Waals surface area (Å²) in [7, 11) is -1.68. The molecule has 0 unspecified atom stereocenters. The molecule has 0 fully saturated rings. The minimum absolute atomic E-state index is 0.141. The maximum Gasteiger partial charge on any atom is 0.488 e. The topological polar surface area (TPSA) is 66.2 Å². The lowest BCUT2D eigenvalue weighted by atomic mass is 9.79.